The van der Waals surface area contributed by atoms with Gasteiger partial charge in [-0.15, -0.1) is 0 Å². The van der Waals surface area contributed by atoms with Crippen LogP contribution < -0.4 is 0 Å². The number of phenolic OH excluding ortho intramolecular Hbond substituents is 2. The van der Waals surface area contributed by atoms with E-state index < -0.39 is 0 Å². The summed E-state index contributed by atoms with van der Waals surface area (Å²) in [5.41, 5.74) is 2.49. The zero-order chi connectivity index (χ0) is 23.3. The summed E-state index contributed by atoms with van der Waals surface area (Å²) in [6.07, 6.45) is 29.0. The third kappa shape index (κ3) is 14.8. The minimum atomic E-state index is 0.0407. The number of aromatic hydroxyl groups is 2. The molecule has 0 aromatic heterocycles. The molecule has 32 heavy (non-hydrogen) atoms. The Hall–Kier alpha value is -1.18. The summed E-state index contributed by atoms with van der Waals surface area (Å²) in [5.74, 6) is 0.0813. The van der Waals surface area contributed by atoms with Crippen LogP contribution >= 0.6 is 0 Å². The van der Waals surface area contributed by atoms with E-state index in [4.69, 9.17) is 0 Å². The van der Waals surface area contributed by atoms with Crippen molar-refractivity contribution in [1.82, 2.24) is 0 Å². The van der Waals surface area contributed by atoms with Gasteiger partial charge >= 0.3 is 0 Å². The summed E-state index contributed by atoms with van der Waals surface area (Å²) < 4.78 is 0. The van der Waals surface area contributed by atoms with Gasteiger partial charge in [0.15, 0.2) is 11.5 Å². The second-order valence-electron chi connectivity index (χ2n) is 9.97. The van der Waals surface area contributed by atoms with E-state index in [2.05, 4.69) is 13.8 Å². The van der Waals surface area contributed by atoms with Gasteiger partial charge in [-0.05, 0) is 48.9 Å². The van der Waals surface area contributed by atoms with E-state index >= 15 is 0 Å². The maximum atomic E-state index is 9.98. The molecule has 1 aromatic rings. The number of aryl methyl sites for hydroxylation is 2. The fourth-order valence-corrected chi connectivity index (χ4v) is 4.73. The van der Waals surface area contributed by atoms with Crippen LogP contribution in [0, 0.1) is 0 Å². The van der Waals surface area contributed by atoms with E-state index in [0.29, 0.717) is 0 Å². The second-order valence-corrected chi connectivity index (χ2v) is 9.97. The highest BCUT2D eigenvalue weighted by Crippen LogP contribution is 2.30. The van der Waals surface area contributed by atoms with Gasteiger partial charge in [-0.2, -0.15) is 0 Å². The fourth-order valence-electron chi connectivity index (χ4n) is 4.73. The van der Waals surface area contributed by atoms with Gasteiger partial charge in [0.25, 0.3) is 0 Å². The Morgan fingerprint density at radius 1 is 0.406 bits per heavy atom. The molecule has 0 fully saturated rings. The number of rotatable bonds is 22. The first-order valence-corrected chi connectivity index (χ1v) is 14.2. The maximum Gasteiger partial charge on any atom is 0.157 e. The monoisotopic (exact) mass is 446 g/mol. The summed E-state index contributed by atoms with van der Waals surface area (Å²) >= 11 is 0. The Morgan fingerprint density at radius 2 is 0.656 bits per heavy atom. The van der Waals surface area contributed by atoms with Crippen molar-refractivity contribution >= 4 is 0 Å². The largest absolute Gasteiger partial charge is 0.504 e. The number of hydrogen-bond donors (Lipinski definition) is 2. The molecule has 2 N–H and O–H groups in total. The quantitative estimate of drug-likeness (QED) is 0.137. The van der Waals surface area contributed by atoms with E-state index in [1.54, 1.807) is 0 Å². The Balaban J connectivity index is 2.19. The molecule has 0 amide bonds. The van der Waals surface area contributed by atoms with Gasteiger partial charge in [-0.25, -0.2) is 0 Å². The lowest BCUT2D eigenvalue weighted by Crippen LogP contribution is -1.96. The van der Waals surface area contributed by atoms with Crippen molar-refractivity contribution in [2.45, 2.75) is 155 Å². The Labute approximate surface area is 200 Å². The predicted molar refractivity (Wildman–Crippen MR) is 141 cm³/mol. The summed E-state index contributed by atoms with van der Waals surface area (Å²) in [6.45, 7) is 4.55. The van der Waals surface area contributed by atoms with Crippen LogP contribution in [-0.4, -0.2) is 10.2 Å². The molecule has 0 saturated carbocycles. The van der Waals surface area contributed by atoms with Crippen LogP contribution in [0.3, 0.4) is 0 Å². The summed E-state index contributed by atoms with van der Waals surface area (Å²) in [6, 6.07) is 3.63. The first-order valence-electron chi connectivity index (χ1n) is 14.2. The molecule has 0 aliphatic heterocycles. The number of benzene rings is 1. The van der Waals surface area contributed by atoms with E-state index in [9.17, 15) is 10.2 Å². The van der Waals surface area contributed by atoms with Crippen molar-refractivity contribution in [3.8, 4) is 11.5 Å². The van der Waals surface area contributed by atoms with Crippen molar-refractivity contribution in [2.24, 2.45) is 0 Å². The minimum Gasteiger partial charge on any atom is -0.504 e. The van der Waals surface area contributed by atoms with Gasteiger partial charge in [0.1, 0.15) is 0 Å². The van der Waals surface area contributed by atoms with Crippen LogP contribution in [0.5, 0.6) is 11.5 Å². The molecule has 0 radical (unpaired) electrons. The molecule has 0 aliphatic rings. The molecule has 1 rings (SSSR count). The van der Waals surface area contributed by atoms with E-state index in [1.807, 2.05) is 12.1 Å². The topological polar surface area (TPSA) is 40.5 Å². The molecule has 0 unspecified atom stereocenters. The first kappa shape index (κ1) is 28.9. The summed E-state index contributed by atoms with van der Waals surface area (Å²) in [4.78, 5) is 0. The van der Waals surface area contributed by atoms with Gasteiger partial charge in [-0.1, -0.05) is 129 Å². The zero-order valence-electron chi connectivity index (χ0n) is 21.6. The standard InChI is InChI=1S/C30H54O2/c1-3-5-7-9-11-13-15-17-19-21-23-27-25-29(31)30(32)26-28(27)24-22-20-18-16-14-12-10-8-6-4-2/h25-26,31-32H,3-24H2,1-2H3. The SMILES string of the molecule is CCCCCCCCCCCCc1cc(O)c(O)cc1CCCCCCCCCCCC. The van der Waals surface area contributed by atoms with Crippen molar-refractivity contribution in [3.05, 3.63) is 23.3 Å². The second kappa shape index (κ2) is 20.4. The van der Waals surface area contributed by atoms with Crippen LogP contribution in [-0.2, 0) is 12.8 Å². The molecule has 0 atom stereocenters. The first-order chi connectivity index (χ1) is 15.7. The van der Waals surface area contributed by atoms with E-state index in [0.717, 1.165) is 12.8 Å². The lowest BCUT2D eigenvalue weighted by Gasteiger charge is -2.12. The number of unbranched alkanes of at least 4 members (excludes halogenated alkanes) is 18. The highest BCUT2D eigenvalue weighted by Gasteiger charge is 2.09. The van der Waals surface area contributed by atoms with Crippen LogP contribution in [0.1, 0.15) is 153 Å². The maximum absolute atomic E-state index is 9.98. The minimum absolute atomic E-state index is 0.0407. The highest BCUT2D eigenvalue weighted by molar-refractivity contribution is 5.45. The molecule has 0 spiro atoms. The number of phenols is 2. The predicted octanol–water partition coefficient (Wildman–Crippen LogP) is 10.0. The van der Waals surface area contributed by atoms with Crippen LogP contribution in [0.2, 0.25) is 0 Å². The lowest BCUT2D eigenvalue weighted by atomic mass is 9.95. The Kier molecular flexibility index (Phi) is 18.4. The van der Waals surface area contributed by atoms with Crippen LogP contribution in [0.4, 0.5) is 0 Å². The molecule has 2 nitrogen and oxygen atoms in total. The van der Waals surface area contributed by atoms with Gasteiger partial charge in [0.2, 0.25) is 0 Å². The normalized spacial score (nSPS) is 11.3. The van der Waals surface area contributed by atoms with Crippen molar-refractivity contribution in [3.63, 3.8) is 0 Å². The number of hydrogen-bond acceptors (Lipinski definition) is 2. The molecular formula is C30H54O2. The molecule has 0 bridgehead atoms. The summed E-state index contributed by atoms with van der Waals surface area (Å²) in [7, 11) is 0. The highest BCUT2D eigenvalue weighted by atomic mass is 16.3. The molecular weight excluding hydrogens is 392 g/mol. The van der Waals surface area contributed by atoms with Gasteiger partial charge in [0.05, 0.1) is 0 Å². The van der Waals surface area contributed by atoms with Crippen molar-refractivity contribution < 1.29 is 10.2 Å². The third-order valence-electron chi connectivity index (χ3n) is 6.90. The average molecular weight is 447 g/mol. The van der Waals surface area contributed by atoms with E-state index in [1.165, 1.54) is 140 Å². The molecule has 0 heterocycles. The van der Waals surface area contributed by atoms with Gasteiger partial charge in [0, 0.05) is 0 Å². The molecule has 186 valence electrons. The molecule has 2 heteroatoms. The van der Waals surface area contributed by atoms with Gasteiger partial charge < -0.3 is 10.2 Å². The molecule has 0 saturated heterocycles. The third-order valence-corrected chi connectivity index (χ3v) is 6.90. The van der Waals surface area contributed by atoms with Gasteiger partial charge in [-0.3, -0.25) is 0 Å². The van der Waals surface area contributed by atoms with E-state index in [-0.39, 0.29) is 11.5 Å². The zero-order valence-corrected chi connectivity index (χ0v) is 21.6. The van der Waals surface area contributed by atoms with Crippen molar-refractivity contribution in [2.75, 3.05) is 0 Å². The smallest absolute Gasteiger partial charge is 0.157 e. The van der Waals surface area contributed by atoms with Crippen molar-refractivity contribution in [1.29, 1.82) is 0 Å². The Bertz CT molecular complexity index is 503. The molecule has 0 aliphatic carbocycles. The average Bonchev–Trinajstić information content (AvgIpc) is 2.79. The molecule has 1 aromatic carbocycles. The fraction of sp³-hybridized carbons (Fsp3) is 0.800. The Morgan fingerprint density at radius 3 is 0.938 bits per heavy atom. The van der Waals surface area contributed by atoms with Crippen LogP contribution in [0.15, 0.2) is 12.1 Å². The van der Waals surface area contributed by atoms with Crippen LogP contribution in [0.25, 0.3) is 0 Å². The lowest BCUT2D eigenvalue weighted by molar-refractivity contribution is 0.402. The summed E-state index contributed by atoms with van der Waals surface area (Å²) in [5, 5.41) is 20.0.